The predicted octanol–water partition coefficient (Wildman–Crippen LogP) is 4.04. The van der Waals surface area contributed by atoms with Crippen molar-refractivity contribution in [2.75, 3.05) is 0 Å². The number of aryl methyl sites for hydroxylation is 2. The molecule has 2 aromatic heterocycles. The van der Waals surface area contributed by atoms with E-state index in [1.807, 2.05) is 13.8 Å². The zero-order valence-corrected chi connectivity index (χ0v) is 11.1. The van der Waals surface area contributed by atoms with E-state index in [-0.39, 0.29) is 0 Å². The summed E-state index contributed by atoms with van der Waals surface area (Å²) in [5.74, 6) is 0.804. The van der Waals surface area contributed by atoms with Gasteiger partial charge in [-0.15, -0.1) is 11.3 Å². The number of halogens is 1. The zero-order valence-electron chi connectivity index (χ0n) is 9.54. The van der Waals surface area contributed by atoms with Gasteiger partial charge in [0, 0.05) is 12.0 Å². The third-order valence-electron chi connectivity index (χ3n) is 2.53. The molecule has 0 unspecified atom stereocenters. The van der Waals surface area contributed by atoms with E-state index >= 15 is 0 Å². The number of hydrogen-bond acceptors (Lipinski definition) is 3. The molecule has 0 aliphatic rings. The first kappa shape index (κ1) is 11.6. The highest BCUT2D eigenvalue weighted by atomic mass is 35.5. The topological polar surface area (TPSA) is 25.8 Å². The van der Waals surface area contributed by atoms with Gasteiger partial charge in [0.25, 0.3) is 0 Å². The van der Waals surface area contributed by atoms with E-state index < -0.39 is 0 Å². The van der Waals surface area contributed by atoms with Gasteiger partial charge in [-0.3, -0.25) is 0 Å². The normalized spacial score (nSPS) is 10.8. The minimum absolute atomic E-state index is 0.564. The standard InChI is InChI=1S/C12H13ClN2S/c1-4-9-14-10(8(3)12(13)15-9)11-7(2)5-6-16-11/h5-6H,4H2,1-3H3. The molecule has 0 atom stereocenters. The van der Waals surface area contributed by atoms with Crippen molar-refractivity contribution in [2.45, 2.75) is 27.2 Å². The van der Waals surface area contributed by atoms with E-state index in [9.17, 15) is 0 Å². The van der Waals surface area contributed by atoms with E-state index in [4.69, 9.17) is 11.6 Å². The summed E-state index contributed by atoms with van der Waals surface area (Å²) in [6, 6.07) is 2.10. The van der Waals surface area contributed by atoms with Crippen LogP contribution >= 0.6 is 22.9 Å². The molecular weight excluding hydrogens is 240 g/mol. The van der Waals surface area contributed by atoms with Gasteiger partial charge in [0.2, 0.25) is 0 Å². The molecule has 2 aromatic rings. The van der Waals surface area contributed by atoms with E-state index in [1.54, 1.807) is 11.3 Å². The average Bonchev–Trinajstić information content (AvgIpc) is 2.68. The van der Waals surface area contributed by atoms with Crippen molar-refractivity contribution in [3.05, 3.63) is 33.6 Å². The Balaban J connectivity index is 2.64. The summed E-state index contributed by atoms with van der Waals surface area (Å²) in [5, 5.41) is 2.64. The van der Waals surface area contributed by atoms with E-state index in [0.717, 1.165) is 23.5 Å². The molecule has 4 heteroatoms. The van der Waals surface area contributed by atoms with Crippen LogP contribution in [0.15, 0.2) is 11.4 Å². The van der Waals surface area contributed by atoms with Gasteiger partial charge in [-0.1, -0.05) is 18.5 Å². The number of thiophene rings is 1. The number of nitrogens with zero attached hydrogens (tertiary/aromatic N) is 2. The Morgan fingerprint density at radius 3 is 2.62 bits per heavy atom. The zero-order chi connectivity index (χ0) is 11.7. The average molecular weight is 253 g/mol. The fourth-order valence-electron chi connectivity index (χ4n) is 1.53. The molecule has 0 spiro atoms. The van der Waals surface area contributed by atoms with Gasteiger partial charge in [-0.25, -0.2) is 9.97 Å². The lowest BCUT2D eigenvalue weighted by Gasteiger charge is -2.07. The highest BCUT2D eigenvalue weighted by Gasteiger charge is 2.13. The first-order chi connectivity index (χ1) is 7.63. The van der Waals surface area contributed by atoms with Crippen molar-refractivity contribution in [1.29, 1.82) is 0 Å². The molecule has 16 heavy (non-hydrogen) atoms. The molecule has 2 rings (SSSR count). The van der Waals surface area contributed by atoms with Gasteiger partial charge in [-0.2, -0.15) is 0 Å². The van der Waals surface area contributed by atoms with Gasteiger partial charge in [-0.05, 0) is 30.9 Å². The van der Waals surface area contributed by atoms with E-state index in [0.29, 0.717) is 5.15 Å². The molecule has 84 valence electrons. The molecule has 0 radical (unpaired) electrons. The Kier molecular flexibility index (Phi) is 3.26. The van der Waals surface area contributed by atoms with E-state index in [1.165, 1.54) is 10.4 Å². The minimum atomic E-state index is 0.564. The van der Waals surface area contributed by atoms with Crippen LogP contribution in [0.5, 0.6) is 0 Å². The smallest absolute Gasteiger partial charge is 0.136 e. The first-order valence-electron chi connectivity index (χ1n) is 5.21. The monoisotopic (exact) mass is 252 g/mol. The van der Waals surface area contributed by atoms with Crippen LogP contribution in [0.2, 0.25) is 5.15 Å². The molecule has 0 aliphatic carbocycles. The van der Waals surface area contributed by atoms with Crippen molar-refractivity contribution >= 4 is 22.9 Å². The molecule has 0 N–H and O–H groups in total. The van der Waals surface area contributed by atoms with Gasteiger partial charge >= 0.3 is 0 Å². The molecule has 0 amide bonds. The van der Waals surface area contributed by atoms with Crippen LogP contribution in [0.1, 0.15) is 23.9 Å². The lowest BCUT2D eigenvalue weighted by molar-refractivity contribution is 0.935. The van der Waals surface area contributed by atoms with Gasteiger partial charge in [0.1, 0.15) is 11.0 Å². The van der Waals surface area contributed by atoms with Gasteiger partial charge in [0.15, 0.2) is 0 Å². The second kappa shape index (κ2) is 4.52. The highest BCUT2D eigenvalue weighted by molar-refractivity contribution is 7.13. The summed E-state index contributed by atoms with van der Waals surface area (Å²) >= 11 is 7.82. The third-order valence-corrected chi connectivity index (χ3v) is 3.92. The first-order valence-corrected chi connectivity index (χ1v) is 6.46. The van der Waals surface area contributed by atoms with Crippen molar-refractivity contribution in [2.24, 2.45) is 0 Å². The molecule has 0 aromatic carbocycles. The third kappa shape index (κ3) is 1.97. The summed E-state index contributed by atoms with van der Waals surface area (Å²) < 4.78 is 0. The summed E-state index contributed by atoms with van der Waals surface area (Å²) in [6.45, 7) is 6.09. The molecule has 0 fully saturated rings. The van der Waals surface area contributed by atoms with Crippen LogP contribution in [0.3, 0.4) is 0 Å². The van der Waals surface area contributed by atoms with Crippen LogP contribution in [-0.4, -0.2) is 9.97 Å². The summed E-state index contributed by atoms with van der Waals surface area (Å²) in [6.07, 6.45) is 0.803. The summed E-state index contributed by atoms with van der Waals surface area (Å²) in [5.41, 5.74) is 3.18. The van der Waals surface area contributed by atoms with Gasteiger partial charge in [0.05, 0.1) is 10.6 Å². The molecule has 0 saturated carbocycles. The maximum atomic E-state index is 6.12. The van der Waals surface area contributed by atoms with Crippen molar-refractivity contribution in [1.82, 2.24) is 9.97 Å². The second-order valence-corrected chi connectivity index (χ2v) is 4.96. The van der Waals surface area contributed by atoms with Crippen LogP contribution in [-0.2, 0) is 6.42 Å². The van der Waals surface area contributed by atoms with Crippen LogP contribution < -0.4 is 0 Å². The molecular formula is C12H13ClN2S. The van der Waals surface area contributed by atoms with Crippen LogP contribution in [0.25, 0.3) is 10.6 Å². The number of hydrogen-bond donors (Lipinski definition) is 0. The summed E-state index contributed by atoms with van der Waals surface area (Å²) in [4.78, 5) is 10.0. The minimum Gasteiger partial charge on any atom is -0.232 e. The fraction of sp³-hybridized carbons (Fsp3) is 0.333. The number of aromatic nitrogens is 2. The Morgan fingerprint density at radius 2 is 2.06 bits per heavy atom. The van der Waals surface area contributed by atoms with Crippen molar-refractivity contribution in [3.63, 3.8) is 0 Å². The van der Waals surface area contributed by atoms with Crippen molar-refractivity contribution in [3.8, 4) is 10.6 Å². The SMILES string of the molecule is CCc1nc(Cl)c(C)c(-c2sccc2C)n1. The molecule has 0 bridgehead atoms. The van der Waals surface area contributed by atoms with Crippen molar-refractivity contribution < 1.29 is 0 Å². The van der Waals surface area contributed by atoms with Crippen LogP contribution in [0.4, 0.5) is 0 Å². The Hall–Kier alpha value is -0.930. The molecule has 2 nitrogen and oxygen atoms in total. The Bertz CT molecular complexity index is 520. The maximum Gasteiger partial charge on any atom is 0.136 e. The summed E-state index contributed by atoms with van der Waals surface area (Å²) in [7, 11) is 0. The number of rotatable bonds is 2. The predicted molar refractivity (Wildman–Crippen MR) is 69.2 cm³/mol. The fourth-order valence-corrected chi connectivity index (χ4v) is 2.69. The molecule has 0 saturated heterocycles. The van der Waals surface area contributed by atoms with Gasteiger partial charge < -0.3 is 0 Å². The maximum absolute atomic E-state index is 6.12. The Labute approximate surface area is 104 Å². The molecule has 0 aliphatic heterocycles. The quantitative estimate of drug-likeness (QED) is 0.754. The highest BCUT2D eigenvalue weighted by Crippen LogP contribution is 2.32. The lowest BCUT2D eigenvalue weighted by Crippen LogP contribution is -1.99. The largest absolute Gasteiger partial charge is 0.232 e. The second-order valence-electron chi connectivity index (χ2n) is 3.69. The van der Waals surface area contributed by atoms with Crippen LogP contribution in [0, 0.1) is 13.8 Å². The molecule has 2 heterocycles. The van der Waals surface area contributed by atoms with E-state index in [2.05, 4.69) is 28.3 Å². The Morgan fingerprint density at radius 1 is 1.31 bits per heavy atom. The lowest BCUT2D eigenvalue weighted by atomic mass is 10.1.